The van der Waals surface area contributed by atoms with E-state index in [0.29, 0.717) is 31.1 Å². The van der Waals surface area contributed by atoms with E-state index < -0.39 is 74.6 Å². The van der Waals surface area contributed by atoms with E-state index in [0.717, 1.165) is 17.0 Å². The first-order chi connectivity index (χ1) is 24.4. The number of allylic oxidation sites excluding steroid dienone is 1. The Morgan fingerprint density at radius 1 is 1.16 bits per heavy atom. The second-order valence-corrected chi connectivity index (χ2v) is 15.0. The van der Waals surface area contributed by atoms with Crippen LogP contribution in [0.25, 0.3) is 16.8 Å². The van der Waals surface area contributed by atoms with Crippen LogP contribution in [0, 0.1) is 5.92 Å². The number of nitrogens with one attached hydrogen (secondary N) is 4. The molecule has 270 valence electrons. The molecule has 15 nitrogen and oxygen atoms in total. The van der Waals surface area contributed by atoms with Crippen molar-refractivity contribution in [3.63, 3.8) is 0 Å². The lowest BCUT2D eigenvalue weighted by molar-refractivity contribution is -0.141. The zero-order valence-electron chi connectivity index (χ0n) is 27.8. The van der Waals surface area contributed by atoms with Gasteiger partial charge in [0.05, 0.1) is 18.4 Å². The molecule has 51 heavy (non-hydrogen) atoms. The van der Waals surface area contributed by atoms with Gasteiger partial charge in [0.15, 0.2) is 0 Å². The second-order valence-electron chi connectivity index (χ2n) is 13.1. The number of aromatic nitrogens is 1. The Labute approximate surface area is 294 Å². The molecule has 5 atom stereocenters. The molecule has 4 N–H and O–H groups in total. The summed E-state index contributed by atoms with van der Waals surface area (Å²) in [4.78, 5) is 72.4. The number of amides is 5. The van der Waals surface area contributed by atoms with Crippen molar-refractivity contribution in [3.05, 3.63) is 67.4 Å². The molecule has 1 aromatic heterocycles. The molecule has 16 heteroatoms. The number of rotatable bonds is 9. The molecule has 3 fully saturated rings. The molecule has 2 saturated carbocycles. The quantitative estimate of drug-likeness (QED) is 0.217. The van der Waals surface area contributed by atoms with Gasteiger partial charge in [0.2, 0.25) is 33.6 Å². The SMILES string of the molecule is C=CC(=O)NC[C@@H]1NC(=O)OCCC/C=C/c2ccc3ccnc(c3c2)O[C@@H]2C[C@@H](C(=O)N[C@]3(C(=O)NS(=O)(=O)C4CC4)C[C@H]3C=C)N(C2)C1=O. The Morgan fingerprint density at radius 3 is 2.69 bits per heavy atom. The van der Waals surface area contributed by atoms with Crippen molar-refractivity contribution in [2.24, 2.45) is 5.92 Å². The molecule has 2 aliphatic heterocycles. The van der Waals surface area contributed by atoms with Gasteiger partial charge in [-0.1, -0.05) is 36.9 Å². The van der Waals surface area contributed by atoms with Crippen molar-refractivity contribution >= 4 is 56.6 Å². The lowest BCUT2D eigenvalue weighted by atomic mass is 10.1. The predicted octanol–water partition coefficient (Wildman–Crippen LogP) is 1.46. The second kappa shape index (κ2) is 14.5. The largest absolute Gasteiger partial charge is 0.472 e. The Bertz CT molecular complexity index is 1910. The Morgan fingerprint density at radius 2 is 1.96 bits per heavy atom. The van der Waals surface area contributed by atoms with Crippen molar-refractivity contribution in [3.8, 4) is 5.88 Å². The highest BCUT2D eigenvalue weighted by molar-refractivity contribution is 7.91. The maximum Gasteiger partial charge on any atom is 0.407 e. The van der Waals surface area contributed by atoms with Gasteiger partial charge in [-0.05, 0) is 61.3 Å². The summed E-state index contributed by atoms with van der Waals surface area (Å²) in [5.74, 6) is -3.22. The van der Waals surface area contributed by atoms with E-state index in [1.807, 2.05) is 36.4 Å². The number of sulfonamides is 1. The van der Waals surface area contributed by atoms with Crippen LogP contribution in [-0.4, -0.2) is 96.7 Å². The summed E-state index contributed by atoms with van der Waals surface area (Å²) < 4.78 is 39.1. The lowest BCUT2D eigenvalue weighted by Crippen LogP contribution is -2.59. The highest BCUT2D eigenvalue weighted by Crippen LogP contribution is 2.45. The zero-order chi connectivity index (χ0) is 36.3. The van der Waals surface area contributed by atoms with Gasteiger partial charge in [0.25, 0.3) is 5.91 Å². The number of hydrogen-bond acceptors (Lipinski definition) is 10. The summed E-state index contributed by atoms with van der Waals surface area (Å²) in [7, 11) is -3.92. The number of cyclic esters (lactones) is 1. The predicted molar refractivity (Wildman–Crippen MR) is 185 cm³/mol. The third-order valence-corrected chi connectivity index (χ3v) is 11.3. The maximum absolute atomic E-state index is 14.2. The summed E-state index contributed by atoms with van der Waals surface area (Å²) >= 11 is 0. The smallest absolute Gasteiger partial charge is 0.407 e. The molecule has 2 aliphatic carbocycles. The van der Waals surface area contributed by atoms with Crippen molar-refractivity contribution in [2.75, 3.05) is 19.7 Å². The lowest BCUT2D eigenvalue weighted by Gasteiger charge is -2.29. The van der Waals surface area contributed by atoms with Crippen LogP contribution in [0.3, 0.4) is 0 Å². The van der Waals surface area contributed by atoms with Crippen LogP contribution in [0.2, 0.25) is 0 Å². The van der Waals surface area contributed by atoms with Crippen LogP contribution in [0.15, 0.2) is 61.8 Å². The van der Waals surface area contributed by atoms with Crippen molar-refractivity contribution in [1.82, 2.24) is 30.6 Å². The van der Waals surface area contributed by atoms with E-state index in [-0.39, 0.29) is 38.4 Å². The Kier molecular flexibility index (Phi) is 10.1. The van der Waals surface area contributed by atoms with Gasteiger partial charge in [-0.25, -0.2) is 18.2 Å². The Hall–Kier alpha value is -5.25. The first-order valence-electron chi connectivity index (χ1n) is 16.8. The molecule has 5 amide bonds. The summed E-state index contributed by atoms with van der Waals surface area (Å²) in [6, 6.07) is 5.03. The van der Waals surface area contributed by atoms with Crippen LogP contribution in [0.5, 0.6) is 5.88 Å². The molecule has 1 saturated heterocycles. The van der Waals surface area contributed by atoms with Crippen LogP contribution in [0.4, 0.5) is 4.79 Å². The van der Waals surface area contributed by atoms with Gasteiger partial charge < -0.3 is 30.3 Å². The van der Waals surface area contributed by atoms with Gasteiger partial charge in [0, 0.05) is 30.5 Å². The van der Waals surface area contributed by atoms with Gasteiger partial charge in [0.1, 0.15) is 23.7 Å². The molecular formula is C35H40N6O9S. The van der Waals surface area contributed by atoms with Crippen molar-refractivity contribution in [1.29, 1.82) is 0 Å². The van der Waals surface area contributed by atoms with Gasteiger partial charge in [-0.3, -0.25) is 23.9 Å². The van der Waals surface area contributed by atoms with E-state index >= 15 is 0 Å². The summed E-state index contributed by atoms with van der Waals surface area (Å²) in [6.07, 6.45) is 8.32. The number of pyridine rings is 1. The molecule has 0 radical (unpaired) electrons. The van der Waals surface area contributed by atoms with Crippen molar-refractivity contribution < 1.29 is 41.9 Å². The number of nitrogens with zero attached hydrogens (tertiary/aromatic N) is 2. The third kappa shape index (κ3) is 7.90. The van der Waals surface area contributed by atoms with Gasteiger partial charge in [-0.2, -0.15) is 0 Å². The molecule has 4 aliphatic rings. The standard InChI is InChI=1S/C35H40N6O9S/c1-3-23-18-35(23,33(45)40-51(47,48)25-11-12-25)39-30(43)28-17-24-20-41(28)32(44)27(19-37-29(42)4-2)38-34(46)49-15-7-5-6-8-21-9-10-22-13-14-36-31(50-24)26(22)16-21/h3-4,6,8-10,13-14,16,23-25,27-28H,1-2,5,7,11-12,15,17-20H2,(H,37,42)(H,38,46)(H,39,43)(H,40,45)/b8-6+/t23-,24-,27+,28+,35-/m1/s1. The molecular weight excluding hydrogens is 680 g/mol. The molecule has 0 spiro atoms. The van der Waals surface area contributed by atoms with Gasteiger partial charge in [-0.15, -0.1) is 6.58 Å². The number of fused-ring (bicyclic) bond motifs is 3. The number of carbonyl (C=O) groups is 5. The van der Waals surface area contributed by atoms with E-state index in [2.05, 4.69) is 38.8 Å². The van der Waals surface area contributed by atoms with E-state index in [1.165, 1.54) is 11.0 Å². The van der Waals surface area contributed by atoms with Crippen LogP contribution in [0.1, 0.15) is 44.1 Å². The fourth-order valence-corrected chi connectivity index (χ4v) is 7.72. The minimum Gasteiger partial charge on any atom is -0.472 e. The third-order valence-electron chi connectivity index (χ3n) is 9.44. The molecule has 0 unspecified atom stereocenters. The molecule has 6 rings (SSSR count). The first-order valence-corrected chi connectivity index (χ1v) is 18.4. The summed E-state index contributed by atoms with van der Waals surface area (Å²) in [5.41, 5.74) is -0.709. The normalized spacial score (nSPS) is 27.1. The van der Waals surface area contributed by atoms with Crippen LogP contribution < -0.4 is 25.4 Å². The molecule has 3 heterocycles. The number of alkyl carbamates (subject to hydrolysis) is 1. The molecule has 2 aromatic rings. The minimum atomic E-state index is -3.92. The highest BCUT2D eigenvalue weighted by Gasteiger charge is 2.62. The minimum absolute atomic E-state index is 0.0394. The number of carbonyl (C=O) groups excluding carboxylic acids is 5. The van der Waals surface area contributed by atoms with Gasteiger partial charge >= 0.3 is 6.09 Å². The zero-order valence-corrected chi connectivity index (χ0v) is 28.7. The number of benzene rings is 1. The summed E-state index contributed by atoms with van der Waals surface area (Å²) in [5, 5.41) is 8.64. The van der Waals surface area contributed by atoms with Crippen LogP contribution in [-0.2, 0) is 33.9 Å². The number of ether oxygens (including phenoxy) is 2. The number of hydrogen-bond donors (Lipinski definition) is 4. The first kappa shape index (κ1) is 35.6. The molecule has 1 aromatic carbocycles. The van der Waals surface area contributed by atoms with E-state index in [1.54, 1.807) is 6.20 Å². The van der Waals surface area contributed by atoms with E-state index in [9.17, 15) is 32.4 Å². The Balaban J connectivity index is 1.32. The molecule has 4 bridgehead atoms. The monoisotopic (exact) mass is 720 g/mol. The topological polar surface area (TPSA) is 202 Å². The fourth-order valence-electron chi connectivity index (χ4n) is 6.35. The average molecular weight is 721 g/mol. The van der Waals surface area contributed by atoms with E-state index in [4.69, 9.17) is 9.47 Å². The fraction of sp³-hybridized carbons (Fsp3) is 0.429. The average Bonchev–Trinajstić information content (AvgIpc) is 4.04. The van der Waals surface area contributed by atoms with Crippen molar-refractivity contribution in [2.45, 2.75) is 67.5 Å². The van der Waals surface area contributed by atoms with Crippen LogP contribution >= 0.6 is 0 Å². The maximum atomic E-state index is 14.2. The summed E-state index contributed by atoms with van der Waals surface area (Å²) in [6.45, 7) is 6.72. The highest BCUT2D eigenvalue weighted by atomic mass is 32.2.